The standard InChI is InChI=1S/C14H20ClN/c1-2-16-14(12-7-8-12)9-6-11-4-3-5-13(15)10-11/h3-5,10,12,14,16H,2,6-9H2,1H3. The third-order valence-corrected chi connectivity index (χ3v) is 3.53. The summed E-state index contributed by atoms with van der Waals surface area (Å²) in [5.74, 6) is 0.930. The summed E-state index contributed by atoms with van der Waals surface area (Å²) in [5, 5.41) is 4.45. The Morgan fingerprint density at radius 1 is 1.44 bits per heavy atom. The molecule has 2 rings (SSSR count). The summed E-state index contributed by atoms with van der Waals surface area (Å²) in [5.41, 5.74) is 1.36. The molecule has 1 nitrogen and oxygen atoms in total. The molecule has 1 saturated carbocycles. The zero-order valence-corrected chi connectivity index (χ0v) is 10.6. The first-order chi connectivity index (χ1) is 7.79. The molecule has 1 N–H and O–H groups in total. The number of hydrogen-bond donors (Lipinski definition) is 1. The van der Waals surface area contributed by atoms with Crippen LogP contribution in [0.5, 0.6) is 0 Å². The van der Waals surface area contributed by atoms with Crippen LogP contribution in [0.2, 0.25) is 5.02 Å². The minimum absolute atomic E-state index is 0.712. The van der Waals surface area contributed by atoms with Gasteiger partial charge < -0.3 is 5.32 Å². The van der Waals surface area contributed by atoms with Crippen LogP contribution < -0.4 is 5.32 Å². The van der Waals surface area contributed by atoms with E-state index >= 15 is 0 Å². The lowest BCUT2D eigenvalue weighted by atomic mass is 10.0. The lowest BCUT2D eigenvalue weighted by molar-refractivity contribution is 0.446. The van der Waals surface area contributed by atoms with Gasteiger partial charge in [-0.1, -0.05) is 30.7 Å². The van der Waals surface area contributed by atoms with Crippen LogP contribution >= 0.6 is 11.6 Å². The lowest BCUT2D eigenvalue weighted by Crippen LogP contribution is -2.31. The SMILES string of the molecule is CCNC(CCc1cccc(Cl)c1)C1CC1. The Morgan fingerprint density at radius 2 is 2.25 bits per heavy atom. The molecule has 1 aliphatic carbocycles. The highest BCUT2D eigenvalue weighted by molar-refractivity contribution is 6.30. The quantitative estimate of drug-likeness (QED) is 0.796. The van der Waals surface area contributed by atoms with Gasteiger partial charge in [0.1, 0.15) is 0 Å². The molecule has 0 amide bonds. The summed E-state index contributed by atoms with van der Waals surface area (Å²) >= 11 is 5.98. The van der Waals surface area contributed by atoms with E-state index in [2.05, 4.69) is 24.4 Å². The maximum atomic E-state index is 5.98. The minimum Gasteiger partial charge on any atom is -0.314 e. The molecule has 0 aromatic heterocycles. The molecule has 0 spiro atoms. The highest BCUT2D eigenvalue weighted by Gasteiger charge is 2.29. The fraction of sp³-hybridized carbons (Fsp3) is 0.571. The van der Waals surface area contributed by atoms with E-state index in [0.717, 1.165) is 23.9 Å². The molecule has 0 heterocycles. The van der Waals surface area contributed by atoms with Gasteiger partial charge in [-0.2, -0.15) is 0 Å². The topological polar surface area (TPSA) is 12.0 Å². The smallest absolute Gasteiger partial charge is 0.0408 e. The van der Waals surface area contributed by atoms with Crippen molar-refractivity contribution in [2.45, 2.75) is 38.6 Å². The average molecular weight is 238 g/mol. The van der Waals surface area contributed by atoms with Crippen molar-refractivity contribution in [2.24, 2.45) is 5.92 Å². The number of rotatable bonds is 6. The van der Waals surface area contributed by atoms with E-state index in [1.165, 1.54) is 24.8 Å². The van der Waals surface area contributed by atoms with Crippen molar-refractivity contribution in [3.05, 3.63) is 34.9 Å². The van der Waals surface area contributed by atoms with Crippen LogP contribution in [0.4, 0.5) is 0 Å². The van der Waals surface area contributed by atoms with Crippen LogP contribution in [0, 0.1) is 5.92 Å². The van der Waals surface area contributed by atoms with Gasteiger partial charge in [-0.25, -0.2) is 0 Å². The second-order valence-corrected chi connectivity index (χ2v) is 5.11. The molecule has 0 aliphatic heterocycles. The normalized spacial score (nSPS) is 17.4. The van der Waals surface area contributed by atoms with Crippen LogP contribution in [0.3, 0.4) is 0 Å². The van der Waals surface area contributed by atoms with Gasteiger partial charge in [0.25, 0.3) is 0 Å². The molecule has 88 valence electrons. The molecule has 0 bridgehead atoms. The molecule has 1 fully saturated rings. The zero-order valence-electron chi connectivity index (χ0n) is 9.88. The monoisotopic (exact) mass is 237 g/mol. The third kappa shape index (κ3) is 3.50. The Bertz CT molecular complexity index is 333. The molecule has 1 unspecified atom stereocenters. The van der Waals surface area contributed by atoms with Crippen molar-refractivity contribution < 1.29 is 0 Å². The lowest BCUT2D eigenvalue weighted by Gasteiger charge is -2.17. The summed E-state index contributed by atoms with van der Waals surface area (Å²) in [4.78, 5) is 0. The minimum atomic E-state index is 0.712. The largest absolute Gasteiger partial charge is 0.314 e. The van der Waals surface area contributed by atoms with E-state index in [0.29, 0.717) is 6.04 Å². The van der Waals surface area contributed by atoms with Crippen molar-refractivity contribution >= 4 is 11.6 Å². The third-order valence-electron chi connectivity index (χ3n) is 3.29. The summed E-state index contributed by atoms with van der Waals surface area (Å²) < 4.78 is 0. The van der Waals surface area contributed by atoms with Gasteiger partial charge in [0.2, 0.25) is 0 Å². The van der Waals surface area contributed by atoms with Crippen molar-refractivity contribution in [2.75, 3.05) is 6.54 Å². The van der Waals surface area contributed by atoms with Crippen LogP contribution in [0.25, 0.3) is 0 Å². The van der Waals surface area contributed by atoms with Gasteiger partial charge in [0, 0.05) is 11.1 Å². The van der Waals surface area contributed by atoms with Gasteiger partial charge in [-0.3, -0.25) is 0 Å². The van der Waals surface area contributed by atoms with Gasteiger partial charge >= 0.3 is 0 Å². The van der Waals surface area contributed by atoms with E-state index in [1.54, 1.807) is 0 Å². The summed E-state index contributed by atoms with van der Waals surface area (Å²) in [7, 11) is 0. The first kappa shape index (κ1) is 11.9. The van der Waals surface area contributed by atoms with Crippen LogP contribution in [-0.2, 0) is 6.42 Å². The predicted molar refractivity (Wildman–Crippen MR) is 70.0 cm³/mol. The number of hydrogen-bond acceptors (Lipinski definition) is 1. The second-order valence-electron chi connectivity index (χ2n) is 4.67. The van der Waals surface area contributed by atoms with Crippen molar-refractivity contribution in [3.63, 3.8) is 0 Å². The Morgan fingerprint density at radius 3 is 2.88 bits per heavy atom. The fourth-order valence-electron chi connectivity index (χ4n) is 2.28. The molecule has 1 aromatic carbocycles. The Balaban J connectivity index is 1.85. The van der Waals surface area contributed by atoms with E-state index in [1.807, 2.05) is 12.1 Å². The average Bonchev–Trinajstić information content (AvgIpc) is 3.08. The first-order valence-electron chi connectivity index (χ1n) is 6.27. The van der Waals surface area contributed by atoms with Crippen LogP contribution in [0.15, 0.2) is 24.3 Å². The molecule has 0 saturated heterocycles. The first-order valence-corrected chi connectivity index (χ1v) is 6.65. The fourth-order valence-corrected chi connectivity index (χ4v) is 2.49. The molecule has 1 atom stereocenters. The highest BCUT2D eigenvalue weighted by Crippen LogP contribution is 2.34. The Labute approximate surface area is 103 Å². The molecule has 2 heteroatoms. The Hall–Kier alpha value is -0.530. The summed E-state index contributed by atoms with van der Waals surface area (Å²) in [6.07, 6.45) is 5.19. The van der Waals surface area contributed by atoms with Crippen LogP contribution in [0.1, 0.15) is 31.7 Å². The van der Waals surface area contributed by atoms with Crippen molar-refractivity contribution in [1.82, 2.24) is 5.32 Å². The van der Waals surface area contributed by atoms with E-state index in [4.69, 9.17) is 11.6 Å². The van der Waals surface area contributed by atoms with Crippen molar-refractivity contribution in [3.8, 4) is 0 Å². The maximum Gasteiger partial charge on any atom is 0.0408 e. The maximum absolute atomic E-state index is 5.98. The van der Waals surface area contributed by atoms with E-state index in [-0.39, 0.29) is 0 Å². The number of nitrogens with one attached hydrogen (secondary N) is 1. The van der Waals surface area contributed by atoms with Gasteiger partial charge in [0.05, 0.1) is 0 Å². The molecule has 1 aromatic rings. The Kier molecular flexibility index (Phi) is 4.25. The van der Waals surface area contributed by atoms with Crippen molar-refractivity contribution in [1.29, 1.82) is 0 Å². The van der Waals surface area contributed by atoms with E-state index in [9.17, 15) is 0 Å². The van der Waals surface area contributed by atoms with Gasteiger partial charge in [-0.15, -0.1) is 0 Å². The molecule has 16 heavy (non-hydrogen) atoms. The van der Waals surface area contributed by atoms with Gasteiger partial charge in [-0.05, 0) is 55.8 Å². The van der Waals surface area contributed by atoms with E-state index < -0.39 is 0 Å². The zero-order chi connectivity index (χ0) is 11.4. The molecule has 1 aliphatic rings. The summed E-state index contributed by atoms with van der Waals surface area (Å²) in [6.45, 7) is 3.27. The second kappa shape index (κ2) is 5.70. The summed E-state index contributed by atoms with van der Waals surface area (Å²) in [6, 6.07) is 8.94. The highest BCUT2D eigenvalue weighted by atomic mass is 35.5. The number of benzene rings is 1. The molecular weight excluding hydrogens is 218 g/mol. The predicted octanol–water partition coefficient (Wildman–Crippen LogP) is 3.66. The number of halogens is 1. The van der Waals surface area contributed by atoms with Gasteiger partial charge in [0.15, 0.2) is 0 Å². The number of aryl methyl sites for hydroxylation is 1. The molecule has 0 radical (unpaired) electrons. The van der Waals surface area contributed by atoms with Crippen LogP contribution in [-0.4, -0.2) is 12.6 Å². The molecular formula is C14H20ClN.